The molecular weight excluding hydrogens is 751 g/mol. The van der Waals surface area contributed by atoms with Gasteiger partial charge >= 0.3 is 0 Å². The second kappa shape index (κ2) is 17.5. The van der Waals surface area contributed by atoms with E-state index in [2.05, 4.69) is 97.9 Å². The summed E-state index contributed by atoms with van der Waals surface area (Å²) in [5.41, 5.74) is 9.22. The molecule has 0 unspecified atom stereocenters. The van der Waals surface area contributed by atoms with Crippen LogP contribution in [0.1, 0.15) is 88.6 Å². The van der Waals surface area contributed by atoms with E-state index in [1.807, 2.05) is 62.0 Å². The second-order valence-electron chi connectivity index (χ2n) is 16.9. The van der Waals surface area contributed by atoms with Crippen LogP contribution in [0, 0.1) is 25.7 Å². The Morgan fingerprint density at radius 2 is 1.17 bits per heavy atom. The monoisotopic (exact) mass is 805 g/mol. The molecule has 6 heterocycles. The van der Waals surface area contributed by atoms with Gasteiger partial charge in [0.05, 0.1) is 24.0 Å². The summed E-state index contributed by atoms with van der Waals surface area (Å²) < 4.78 is 0. The van der Waals surface area contributed by atoms with Gasteiger partial charge in [-0.1, -0.05) is 76.2 Å². The van der Waals surface area contributed by atoms with Gasteiger partial charge in [0.15, 0.2) is 0 Å². The molecule has 13 heteroatoms. The molecule has 0 saturated carbocycles. The van der Waals surface area contributed by atoms with E-state index < -0.39 is 12.1 Å². The average Bonchev–Trinajstić information content (AvgIpc) is 4.09. The summed E-state index contributed by atoms with van der Waals surface area (Å²) in [6.07, 6.45) is 11.6. The van der Waals surface area contributed by atoms with E-state index in [1.165, 1.54) is 0 Å². The molecule has 3 aliphatic rings. The van der Waals surface area contributed by atoms with Crippen molar-refractivity contribution in [3.05, 3.63) is 108 Å². The van der Waals surface area contributed by atoms with Gasteiger partial charge in [-0.15, -0.1) is 0 Å². The number of nitrogens with one attached hydrogen (secondary N) is 3. The number of anilines is 2. The minimum absolute atomic E-state index is 0.0181. The quantitative estimate of drug-likeness (QED) is 0.107. The maximum Gasteiger partial charge on any atom is 0.246 e. The Kier molecular flexibility index (Phi) is 11.9. The van der Waals surface area contributed by atoms with E-state index in [0.717, 1.165) is 95.1 Å². The fraction of sp³-hybridized carbons (Fsp3) is 0.404. The number of carbonyl (C=O) groups is 2. The van der Waals surface area contributed by atoms with Crippen LogP contribution in [0.3, 0.4) is 0 Å². The number of imidazole rings is 1. The summed E-state index contributed by atoms with van der Waals surface area (Å²) in [6.45, 7) is 13.4. The zero-order chi connectivity index (χ0) is 41.9. The summed E-state index contributed by atoms with van der Waals surface area (Å²) >= 11 is 0. The number of aromatic amines is 1. The highest BCUT2D eigenvalue weighted by atomic mass is 16.2. The van der Waals surface area contributed by atoms with Gasteiger partial charge in [0.1, 0.15) is 17.9 Å². The minimum Gasteiger partial charge on any atom is -0.342 e. The number of likely N-dealkylation sites (tertiary alicyclic amines) is 2. The first-order valence-electron chi connectivity index (χ1n) is 21.3. The van der Waals surface area contributed by atoms with Gasteiger partial charge in [0.25, 0.3) is 0 Å². The molecule has 3 aliphatic heterocycles. The predicted molar refractivity (Wildman–Crippen MR) is 236 cm³/mol. The van der Waals surface area contributed by atoms with Gasteiger partial charge in [-0.2, -0.15) is 0 Å². The van der Waals surface area contributed by atoms with Crippen molar-refractivity contribution in [1.29, 1.82) is 0 Å². The third kappa shape index (κ3) is 8.71. The standard InChI is InChI=1S/C47H55N11O2/c1-28(2)41(55-46-48-21-19-30(5)52-46)44(59)57-23-7-9-39(57)37-25-36(26-50-37)34-13-11-32(12-14-34)33-15-17-35(18-16-33)38-27-51-43(54-38)40-10-8-24-58(40)45(60)42(29(3)4)56-47-49-22-20-31(6)53-47/h11-22,26-29,39-42H,7-10,23-25H2,1-6H3,(H,51,54)(H,48,52,55)(H,49,53,56)/t39-,40-,41-,42-/m0/s1. The van der Waals surface area contributed by atoms with Crippen LogP contribution in [0.4, 0.5) is 11.9 Å². The number of carbonyl (C=O) groups excluding carboxylic acids is 2. The number of allylic oxidation sites excluding steroid dienone is 1. The van der Waals surface area contributed by atoms with E-state index in [4.69, 9.17) is 9.98 Å². The van der Waals surface area contributed by atoms with E-state index >= 15 is 0 Å². The fourth-order valence-corrected chi connectivity index (χ4v) is 8.59. The molecule has 0 bridgehead atoms. The molecule has 2 fully saturated rings. The zero-order valence-electron chi connectivity index (χ0n) is 35.4. The van der Waals surface area contributed by atoms with Gasteiger partial charge in [-0.3, -0.25) is 14.6 Å². The zero-order valence-corrected chi connectivity index (χ0v) is 35.4. The fourth-order valence-electron chi connectivity index (χ4n) is 8.59. The van der Waals surface area contributed by atoms with Crippen molar-refractivity contribution in [3.8, 4) is 22.4 Å². The molecule has 2 aromatic carbocycles. The highest BCUT2D eigenvalue weighted by Crippen LogP contribution is 2.35. The molecule has 0 aliphatic carbocycles. The molecule has 2 saturated heterocycles. The molecule has 8 rings (SSSR count). The largest absolute Gasteiger partial charge is 0.342 e. The van der Waals surface area contributed by atoms with E-state index in [9.17, 15) is 9.59 Å². The maximum absolute atomic E-state index is 14.0. The first-order valence-corrected chi connectivity index (χ1v) is 21.3. The van der Waals surface area contributed by atoms with Crippen molar-refractivity contribution < 1.29 is 9.59 Å². The van der Waals surface area contributed by atoms with Crippen molar-refractivity contribution in [2.24, 2.45) is 16.8 Å². The first-order chi connectivity index (χ1) is 29.0. The Bertz CT molecular complexity index is 2380. The smallest absolute Gasteiger partial charge is 0.246 e. The minimum atomic E-state index is -0.448. The second-order valence-corrected chi connectivity index (χ2v) is 16.9. The molecule has 4 atom stereocenters. The Morgan fingerprint density at radius 1 is 0.667 bits per heavy atom. The van der Waals surface area contributed by atoms with Crippen LogP contribution in [-0.2, 0) is 9.59 Å². The summed E-state index contributed by atoms with van der Waals surface area (Å²) in [5, 5.41) is 6.61. The number of H-pyrrole nitrogens is 1. The Labute approximate surface area is 352 Å². The molecule has 60 heavy (non-hydrogen) atoms. The highest BCUT2D eigenvalue weighted by molar-refractivity contribution is 6.04. The number of benzene rings is 2. The molecule has 3 aromatic heterocycles. The number of aryl methyl sites for hydroxylation is 2. The first kappa shape index (κ1) is 40.5. The van der Waals surface area contributed by atoms with E-state index in [0.29, 0.717) is 18.4 Å². The van der Waals surface area contributed by atoms with Crippen LogP contribution in [-0.4, -0.2) is 88.4 Å². The number of nitrogens with zero attached hydrogens (tertiary/aromatic N) is 8. The number of amides is 2. The number of hydrogen-bond acceptors (Lipinski definition) is 10. The lowest BCUT2D eigenvalue weighted by Gasteiger charge is -2.31. The number of hydrogen-bond donors (Lipinski definition) is 3. The highest BCUT2D eigenvalue weighted by Gasteiger charge is 2.39. The van der Waals surface area contributed by atoms with Crippen molar-refractivity contribution in [3.63, 3.8) is 0 Å². The van der Waals surface area contributed by atoms with Crippen LogP contribution >= 0.6 is 0 Å². The summed E-state index contributed by atoms with van der Waals surface area (Å²) in [5.74, 6) is 1.97. The average molecular weight is 806 g/mol. The van der Waals surface area contributed by atoms with E-state index in [-0.39, 0.29) is 35.7 Å². The van der Waals surface area contributed by atoms with Crippen molar-refractivity contribution in [1.82, 2.24) is 39.7 Å². The van der Waals surface area contributed by atoms with Crippen LogP contribution in [0.2, 0.25) is 0 Å². The van der Waals surface area contributed by atoms with Crippen LogP contribution in [0.25, 0.3) is 28.0 Å². The number of rotatable bonds is 13. The van der Waals surface area contributed by atoms with Gasteiger partial charge in [0, 0.05) is 55.2 Å². The summed E-state index contributed by atoms with van der Waals surface area (Å²) in [4.78, 5) is 62.7. The Hall–Kier alpha value is -6.24. The lowest BCUT2D eigenvalue weighted by atomic mass is 9.95. The Morgan fingerprint density at radius 3 is 1.70 bits per heavy atom. The van der Waals surface area contributed by atoms with Crippen LogP contribution < -0.4 is 10.6 Å². The molecule has 0 spiro atoms. The maximum atomic E-state index is 14.0. The van der Waals surface area contributed by atoms with Crippen molar-refractivity contribution in [2.45, 2.75) is 97.8 Å². The molecule has 5 aromatic rings. The van der Waals surface area contributed by atoms with Crippen LogP contribution in [0.15, 0.2) is 90.4 Å². The molecule has 2 amide bonds. The van der Waals surface area contributed by atoms with Crippen molar-refractivity contribution in [2.75, 3.05) is 23.7 Å². The van der Waals surface area contributed by atoms with E-state index in [1.54, 1.807) is 12.4 Å². The SMILES string of the molecule is Cc1ccnc(N[C@H](C(=O)N2CCC[C@H]2C2=NC=C(c3ccc(-c4ccc(-c5cnc([C@@H]6CCCN6C(=O)[C@@H](Nc6nccc(C)n6)C(C)C)[nH]5)cc4)cc3)C2)C(C)C)n1. The summed E-state index contributed by atoms with van der Waals surface area (Å²) in [7, 11) is 0. The number of aromatic nitrogens is 6. The lowest BCUT2D eigenvalue weighted by molar-refractivity contribution is -0.134. The molecular formula is C47H55N11O2. The molecule has 3 N–H and O–H groups in total. The molecule has 0 radical (unpaired) electrons. The number of aliphatic imine (C=N–C) groups is 1. The van der Waals surface area contributed by atoms with Gasteiger partial charge in [-0.05, 0) is 91.3 Å². The van der Waals surface area contributed by atoms with Gasteiger partial charge < -0.3 is 25.4 Å². The lowest BCUT2D eigenvalue weighted by Crippen LogP contribution is -2.49. The molecule has 13 nitrogen and oxygen atoms in total. The third-order valence-electron chi connectivity index (χ3n) is 11.9. The van der Waals surface area contributed by atoms with Gasteiger partial charge in [0.2, 0.25) is 23.7 Å². The topological polar surface area (TPSA) is 157 Å². The third-order valence-corrected chi connectivity index (χ3v) is 11.9. The van der Waals surface area contributed by atoms with Crippen LogP contribution in [0.5, 0.6) is 0 Å². The predicted octanol–water partition coefficient (Wildman–Crippen LogP) is 8.05. The van der Waals surface area contributed by atoms with Gasteiger partial charge in [-0.25, -0.2) is 24.9 Å². The van der Waals surface area contributed by atoms with Crippen molar-refractivity contribution >= 4 is 35.0 Å². The Balaban J connectivity index is 0.883. The summed E-state index contributed by atoms with van der Waals surface area (Å²) in [6, 6.07) is 19.8. The molecule has 310 valence electrons. The normalized spacial score (nSPS) is 18.8.